The lowest BCUT2D eigenvalue weighted by atomic mass is 10.2. The summed E-state index contributed by atoms with van der Waals surface area (Å²) < 4.78 is 0. The van der Waals surface area contributed by atoms with Crippen molar-refractivity contribution < 1.29 is 9.90 Å². The van der Waals surface area contributed by atoms with Gasteiger partial charge in [0.2, 0.25) is 0 Å². The van der Waals surface area contributed by atoms with Crippen LogP contribution in [0.5, 0.6) is 5.75 Å². The Hall–Kier alpha value is -1.62. The lowest BCUT2D eigenvalue weighted by Crippen LogP contribution is -2.47. The lowest BCUT2D eigenvalue weighted by Gasteiger charge is -2.32. The Kier molecular flexibility index (Phi) is 3.05. The first-order valence-corrected chi connectivity index (χ1v) is 5.22. The van der Waals surface area contributed by atoms with Gasteiger partial charge in [-0.15, -0.1) is 0 Å². The van der Waals surface area contributed by atoms with Crippen LogP contribution >= 0.6 is 0 Å². The fourth-order valence-electron chi connectivity index (χ4n) is 1.67. The number of nitrogens with zero attached hydrogens (tertiary/aromatic N) is 3. The first-order valence-electron chi connectivity index (χ1n) is 5.22. The molecule has 0 saturated carbocycles. The van der Waals surface area contributed by atoms with Gasteiger partial charge >= 0.3 is 0 Å². The van der Waals surface area contributed by atoms with Crippen LogP contribution in [0.3, 0.4) is 0 Å². The molecule has 0 spiro atoms. The van der Waals surface area contributed by atoms with E-state index >= 15 is 0 Å². The molecule has 1 N–H and O–H groups in total. The molecule has 1 amide bonds. The smallest absolute Gasteiger partial charge is 0.276 e. The van der Waals surface area contributed by atoms with Gasteiger partial charge in [0.1, 0.15) is 0 Å². The largest absolute Gasteiger partial charge is 0.505 e. The maximum atomic E-state index is 12.0. The highest BCUT2D eigenvalue weighted by Crippen LogP contribution is 2.15. The molecule has 16 heavy (non-hydrogen) atoms. The average molecular weight is 220 g/mol. The Morgan fingerprint density at radius 3 is 2.75 bits per heavy atom. The van der Waals surface area contributed by atoms with E-state index in [0.717, 1.165) is 13.1 Å². The van der Waals surface area contributed by atoms with Crippen molar-refractivity contribution in [2.24, 2.45) is 0 Å². The van der Waals surface area contributed by atoms with Gasteiger partial charge in [-0.05, 0) is 13.1 Å². The van der Waals surface area contributed by atoms with Crippen LogP contribution < -0.4 is 0 Å². The number of aromatic nitrogens is 1. The molecular weight excluding hydrogens is 206 g/mol. The first kappa shape index (κ1) is 10.9. The van der Waals surface area contributed by atoms with Crippen molar-refractivity contribution in [3.05, 3.63) is 24.0 Å². The zero-order valence-corrected chi connectivity index (χ0v) is 9.18. The molecule has 0 bridgehead atoms. The van der Waals surface area contributed by atoms with E-state index in [0.29, 0.717) is 13.1 Å². The zero-order valence-electron chi connectivity index (χ0n) is 9.18. The first-order chi connectivity index (χ1) is 7.68. The Morgan fingerprint density at radius 1 is 1.44 bits per heavy atom. The second kappa shape index (κ2) is 4.49. The van der Waals surface area contributed by atoms with E-state index in [4.69, 9.17) is 0 Å². The van der Waals surface area contributed by atoms with Crippen molar-refractivity contribution in [3.63, 3.8) is 0 Å². The third kappa shape index (κ3) is 2.14. The molecule has 2 heterocycles. The fourth-order valence-corrected chi connectivity index (χ4v) is 1.67. The monoisotopic (exact) mass is 220 g/mol. The Morgan fingerprint density at radius 2 is 2.12 bits per heavy atom. The predicted molar refractivity (Wildman–Crippen MR) is 58.1 cm³/mol. The molecule has 1 aliphatic rings. The molecule has 1 radical (unpaired) electrons. The van der Waals surface area contributed by atoms with Crippen LogP contribution in [0.15, 0.2) is 12.3 Å². The highest BCUT2D eigenvalue weighted by molar-refractivity contribution is 5.94. The quantitative estimate of drug-likeness (QED) is 0.722. The molecule has 0 aliphatic carbocycles. The number of hydrogen-bond donors (Lipinski definition) is 1. The molecule has 85 valence electrons. The number of rotatable bonds is 1. The lowest BCUT2D eigenvalue weighted by molar-refractivity contribution is 0.0655. The minimum absolute atomic E-state index is 0.0899. The Labute approximate surface area is 94.3 Å². The summed E-state index contributed by atoms with van der Waals surface area (Å²) in [5, 5.41) is 9.49. The van der Waals surface area contributed by atoms with E-state index < -0.39 is 0 Å². The molecule has 1 aromatic heterocycles. The van der Waals surface area contributed by atoms with Crippen molar-refractivity contribution in [2.75, 3.05) is 33.2 Å². The number of carbonyl (C=O) groups is 1. The van der Waals surface area contributed by atoms with Crippen molar-refractivity contribution >= 4 is 5.91 Å². The number of piperazine rings is 1. The Bertz CT molecular complexity index is 387. The van der Waals surface area contributed by atoms with Crippen molar-refractivity contribution in [1.82, 2.24) is 14.8 Å². The molecular formula is C11H14N3O2. The van der Waals surface area contributed by atoms with Gasteiger partial charge in [-0.25, -0.2) is 4.98 Å². The van der Waals surface area contributed by atoms with Gasteiger partial charge in [-0.1, -0.05) is 0 Å². The van der Waals surface area contributed by atoms with E-state index in [9.17, 15) is 9.90 Å². The number of pyridine rings is 1. The van der Waals surface area contributed by atoms with Crippen LogP contribution in [0, 0.1) is 6.07 Å². The summed E-state index contributed by atoms with van der Waals surface area (Å²) in [6.07, 6.45) is 1.46. The SMILES string of the molecule is CN1CCN(C(=O)c2ncc[c]c2O)CC1. The van der Waals surface area contributed by atoms with Gasteiger partial charge in [0.15, 0.2) is 11.4 Å². The summed E-state index contributed by atoms with van der Waals surface area (Å²) in [7, 11) is 2.02. The van der Waals surface area contributed by atoms with Gasteiger partial charge in [0, 0.05) is 38.4 Å². The maximum absolute atomic E-state index is 12.0. The summed E-state index contributed by atoms with van der Waals surface area (Å²) >= 11 is 0. The van der Waals surface area contributed by atoms with Gasteiger partial charge in [0.05, 0.1) is 0 Å². The predicted octanol–water partition coefficient (Wildman–Crippen LogP) is -0.0250. The van der Waals surface area contributed by atoms with Crippen LogP contribution in [0.4, 0.5) is 0 Å². The molecule has 2 rings (SSSR count). The summed E-state index contributed by atoms with van der Waals surface area (Å²) in [5.41, 5.74) is 0.0899. The summed E-state index contributed by atoms with van der Waals surface area (Å²) in [6, 6.07) is 4.05. The normalized spacial score (nSPS) is 17.4. The second-order valence-electron chi connectivity index (χ2n) is 3.88. The summed E-state index contributed by atoms with van der Waals surface area (Å²) in [5.74, 6) is -0.395. The average Bonchev–Trinajstić information content (AvgIpc) is 2.30. The molecule has 5 heteroatoms. The topological polar surface area (TPSA) is 56.7 Å². The number of carbonyl (C=O) groups excluding carboxylic acids is 1. The van der Waals surface area contributed by atoms with Crippen LogP contribution in [-0.2, 0) is 0 Å². The van der Waals surface area contributed by atoms with Crippen molar-refractivity contribution in [2.45, 2.75) is 0 Å². The Balaban J connectivity index is 2.11. The number of hydrogen-bond acceptors (Lipinski definition) is 4. The summed E-state index contributed by atoms with van der Waals surface area (Å²) in [6.45, 7) is 3.04. The van der Waals surface area contributed by atoms with E-state index in [1.54, 1.807) is 4.90 Å². The van der Waals surface area contributed by atoms with E-state index in [2.05, 4.69) is 16.0 Å². The van der Waals surface area contributed by atoms with Gasteiger partial charge in [-0.2, -0.15) is 0 Å². The van der Waals surface area contributed by atoms with Crippen molar-refractivity contribution in [1.29, 1.82) is 0 Å². The molecule has 1 aromatic rings. The molecule has 1 fully saturated rings. The number of amides is 1. The van der Waals surface area contributed by atoms with Gasteiger partial charge < -0.3 is 14.9 Å². The minimum Gasteiger partial charge on any atom is -0.505 e. The van der Waals surface area contributed by atoms with Crippen molar-refractivity contribution in [3.8, 4) is 5.75 Å². The van der Waals surface area contributed by atoms with E-state index in [1.807, 2.05) is 7.05 Å². The van der Waals surface area contributed by atoms with Crippen LogP contribution in [-0.4, -0.2) is 59.0 Å². The molecule has 5 nitrogen and oxygen atoms in total. The van der Waals surface area contributed by atoms with E-state index in [1.165, 1.54) is 12.3 Å². The highest BCUT2D eigenvalue weighted by atomic mass is 16.3. The highest BCUT2D eigenvalue weighted by Gasteiger charge is 2.23. The molecule has 0 atom stereocenters. The van der Waals surface area contributed by atoms with E-state index in [-0.39, 0.29) is 17.4 Å². The maximum Gasteiger partial charge on any atom is 0.276 e. The van der Waals surface area contributed by atoms with Crippen LogP contribution in [0.2, 0.25) is 0 Å². The number of aromatic hydroxyl groups is 1. The minimum atomic E-state index is -0.220. The molecule has 0 aromatic carbocycles. The zero-order chi connectivity index (χ0) is 11.5. The molecule has 1 aliphatic heterocycles. The third-order valence-electron chi connectivity index (χ3n) is 2.72. The number of likely N-dealkylation sites (N-methyl/N-ethyl adjacent to an activating group) is 1. The van der Waals surface area contributed by atoms with Crippen LogP contribution in [0.25, 0.3) is 0 Å². The molecule has 1 saturated heterocycles. The third-order valence-corrected chi connectivity index (χ3v) is 2.72. The molecule has 0 unspecified atom stereocenters. The van der Waals surface area contributed by atoms with Crippen LogP contribution in [0.1, 0.15) is 10.5 Å². The summed E-state index contributed by atoms with van der Waals surface area (Å²) in [4.78, 5) is 19.7. The standard InChI is InChI=1S/C11H14N3O2/c1-13-5-7-14(8-6-13)11(16)10-9(15)3-2-4-12-10/h2,4,15H,5-8H2,1H3. The van der Waals surface area contributed by atoms with Gasteiger partial charge in [0.25, 0.3) is 5.91 Å². The van der Waals surface area contributed by atoms with Gasteiger partial charge in [-0.3, -0.25) is 4.79 Å². The second-order valence-corrected chi connectivity index (χ2v) is 3.88. The fraction of sp³-hybridized carbons (Fsp3) is 0.455.